The number of esters is 1. The highest BCUT2D eigenvalue weighted by molar-refractivity contribution is 6.05. The molecule has 0 radical (unpaired) electrons. The van der Waals surface area contributed by atoms with Crippen molar-refractivity contribution in [2.75, 3.05) is 23.4 Å². The zero-order valence-corrected chi connectivity index (χ0v) is 17.7. The molecule has 0 aliphatic carbocycles. The molecule has 2 aromatic carbocycles. The molecule has 2 heterocycles. The minimum absolute atomic E-state index is 0.0601. The standard InChI is InChI=1S/C24H24N2O5/c1-13-5-4-6-20(14(13)2)26-11-17(10-22(26)28)24(30)31-12-21(27)16-7-8-19-18(9-16)15(3)23(29)25-19/h4-9,15,17H,10-12H2,1-3H3,(H,25,29)/t15-,17-/m0/s1. The highest BCUT2D eigenvalue weighted by atomic mass is 16.5. The lowest BCUT2D eigenvalue weighted by Crippen LogP contribution is -2.27. The fourth-order valence-corrected chi connectivity index (χ4v) is 4.05. The summed E-state index contributed by atoms with van der Waals surface area (Å²) in [7, 11) is 0. The number of amides is 2. The van der Waals surface area contributed by atoms with E-state index in [0.717, 1.165) is 22.4 Å². The van der Waals surface area contributed by atoms with Crippen molar-refractivity contribution in [2.24, 2.45) is 5.92 Å². The first kappa shape index (κ1) is 20.8. The fraction of sp³-hybridized carbons (Fsp3) is 0.333. The summed E-state index contributed by atoms with van der Waals surface area (Å²) in [5, 5.41) is 2.76. The maximum absolute atomic E-state index is 12.5. The molecular weight excluding hydrogens is 396 g/mol. The molecule has 160 valence electrons. The van der Waals surface area contributed by atoms with Crippen LogP contribution in [-0.2, 0) is 19.1 Å². The van der Waals surface area contributed by atoms with Gasteiger partial charge in [0.25, 0.3) is 0 Å². The summed E-state index contributed by atoms with van der Waals surface area (Å²) >= 11 is 0. The van der Waals surface area contributed by atoms with E-state index in [-0.39, 0.29) is 36.5 Å². The van der Waals surface area contributed by atoms with Gasteiger partial charge < -0.3 is 15.0 Å². The molecule has 7 nitrogen and oxygen atoms in total. The van der Waals surface area contributed by atoms with Crippen molar-refractivity contribution < 1.29 is 23.9 Å². The minimum atomic E-state index is -0.609. The van der Waals surface area contributed by atoms with E-state index in [1.54, 1.807) is 30.0 Å². The lowest BCUT2D eigenvalue weighted by molar-refractivity contribution is -0.147. The molecular formula is C24H24N2O5. The molecule has 2 amide bonds. The van der Waals surface area contributed by atoms with Crippen molar-refractivity contribution in [3.63, 3.8) is 0 Å². The van der Waals surface area contributed by atoms with Crippen molar-refractivity contribution >= 4 is 34.9 Å². The summed E-state index contributed by atoms with van der Waals surface area (Å²) in [5.74, 6) is -2.08. The second-order valence-electron chi connectivity index (χ2n) is 8.17. The van der Waals surface area contributed by atoms with E-state index in [0.29, 0.717) is 11.3 Å². The van der Waals surface area contributed by atoms with Crippen LogP contribution >= 0.6 is 0 Å². The van der Waals surface area contributed by atoms with Crippen LogP contribution in [0.3, 0.4) is 0 Å². The number of ketones is 1. The molecule has 1 fully saturated rings. The van der Waals surface area contributed by atoms with E-state index >= 15 is 0 Å². The highest BCUT2D eigenvalue weighted by Crippen LogP contribution is 2.33. The summed E-state index contributed by atoms with van der Waals surface area (Å²) in [6, 6.07) is 10.7. The summed E-state index contributed by atoms with van der Waals surface area (Å²) in [4.78, 5) is 50.9. The van der Waals surface area contributed by atoms with Gasteiger partial charge in [-0.1, -0.05) is 12.1 Å². The Labute approximate surface area is 180 Å². The summed E-state index contributed by atoms with van der Waals surface area (Å²) in [6.45, 7) is 5.53. The number of carbonyl (C=O) groups excluding carboxylic acids is 4. The Bertz CT molecular complexity index is 1110. The second kappa shape index (κ2) is 7.98. The van der Waals surface area contributed by atoms with Crippen molar-refractivity contribution in [2.45, 2.75) is 33.1 Å². The molecule has 2 aliphatic rings. The Balaban J connectivity index is 1.38. The third-order valence-electron chi connectivity index (χ3n) is 6.16. The number of fused-ring (bicyclic) bond motifs is 1. The van der Waals surface area contributed by atoms with Gasteiger partial charge in [-0.25, -0.2) is 0 Å². The van der Waals surface area contributed by atoms with Crippen LogP contribution in [0.4, 0.5) is 11.4 Å². The van der Waals surface area contributed by atoms with Gasteiger partial charge in [0, 0.05) is 29.9 Å². The number of hydrogen-bond donors (Lipinski definition) is 1. The number of rotatable bonds is 5. The van der Waals surface area contributed by atoms with E-state index < -0.39 is 18.5 Å². The Hall–Kier alpha value is -3.48. The van der Waals surface area contributed by atoms with Crippen molar-refractivity contribution in [1.29, 1.82) is 0 Å². The molecule has 0 aromatic heterocycles. The largest absolute Gasteiger partial charge is 0.457 e. The fourth-order valence-electron chi connectivity index (χ4n) is 4.05. The van der Waals surface area contributed by atoms with Crippen LogP contribution in [-0.4, -0.2) is 36.7 Å². The number of nitrogens with zero attached hydrogens (tertiary/aromatic N) is 1. The Morgan fingerprint density at radius 1 is 1.16 bits per heavy atom. The van der Waals surface area contributed by atoms with Crippen LogP contribution in [0.25, 0.3) is 0 Å². The number of hydrogen-bond acceptors (Lipinski definition) is 5. The first-order valence-electron chi connectivity index (χ1n) is 10.3. The molecule has 0 saturated carbocycles. The number of ether oxygens (including phenoxy) is 1. The van der Waals surface area contributed by atoms with E-state index in [1.807, 2.05) is 32.0 Å². The quantitative estimate of drug-likeness (QED) is 0.593. The maximum atomic E-state index is 12.5. The number of aryl methyl sites for hydroxylation is 1. The summed E-state index contributed by atoms with van der Waals surface area (Å²) < 4.78 is 5.25. The van der Waals surface area contributed by atoms with Crippen LogP contribution in [0.1, 0.15) is 46.3 Å². The maximum Gasteiger partial charge on any atom is 0.311 e. The SMILES string of the molecule is Cc1cccc(N2C[C@@H](C(=O)OCC(=O)c3ccc4c(c3)[C@H](C)C(=O)N4)CC2=O)c1C. The second-order valence-corrected chi connectivity index (χ2v) is 8.17. The molecule has 7 heteroatoms. The monoisotopic (exact) mass is 420 g/mol. The van der Waals surface area contributed by atoms with Crippen LogP contribution in [0.5, 0.6) is 0 Å². The van der Waals surface area contributed by atoms with Crippen molar-refractivity contribution in [3.05, 3.63) is 58.7 Å². The van der Waals surface area contributed by atoms with Crippen LogP contribution in [0.2, 0.25) is 0 Å². The van der Waals surface area contributed by atoms with Gasteiger partial charge in [0.15, 0.2) is 12.4 Å². The molecule has 31 heavy (non-hydrogen) atoms. The van der Waals surface area contributed by atoms with Gasteiger partial charge in [0.1, 0.15) is 0 Å². The van der Waals surface area contributed by atoms with Gasteiger partial charge in [-0.15, -0.1) is 0 Å². The van der Waals surface area contributed by atoms with Gasteiger partial charge >= 0.3 is 5.97 Å². The average molecular weight is 420 g/mol. The van der Waals surface area contributed by atoms with Gasteiger partial charge in [-0.05, 0) is 61.7 Å². The number of anilines is 2. The number of benzene rings is 2. The lowest BCUT2D eigenvalue weighted by Gasteiger charge is -2.20. The van der Waals surface area contributed by atoms with Crippen molar-refractivity contribution in [3.8, 4) is 0 Å². The molecule has 4 rings (SSSR count). The first-order chi connectivity index (χ1) is 14.8. The molecule has 1 saturated heterocycles. The Morgan fingerprint density at radius 2 is 1.94 bits per heavy atom. The predicted octanol–water partition coefficient (Wildman–Crippen LogP) is 3.14. The van der Waals surface area contributed by atoms with Gasteiger partial charge in [-0.3, -0.25) is 19.2 Å². The number of Topliss-reactive ketones (excluding diaryl/α,β-unsaturated/α-hetero) is 1. The molecule has 2 aromatic rings. The van der Waals surface area contributed by atoms with Gasteiger partial charge in [-0.2, -0.15) is 0 Å². The smallest absolute Gasteiger partial charge is 0.311 e. The number of carbonyl (C=O) groups is 4. The van der Waals surface area contributed by atoms with Crippen molar-refractivity contribution in [1.82, 2.24) is 0 Å². The molecule has 0 bridgehead atoms. The Morgan fingerprint density at radius 3 is 2.71 bits per heavy atom. The normalized spacial score (nSPS) is 19.9. The number of nitrogens with one attached hydrogen (secondary N) is 1. The van der Waals surface area contributed by atoms with E-state index in [9.17, 15) is 19.2 Å². The van der Waals surface area contributed by atoms with Crippen LogP contribution in [0.15, 0.2) is 36.4 Å². The zero-order chi connectivity index (χ0) is 22.3. The minimum Gasteiger partial charge on any atom is -0.457 e. The molecule has 2 aliphatic heterocycles. The van der Waals surface area contributed by atoms with E-state index in [4.69, 9.17) is 4.74 Å². The van der Waals surface area contributed by atoms with E-state index in [2.05, 4.69) is 5.32 Å². The highest BCUT2D eigenvalue weighted by Gasteiger charge is 2.37. The third kappa shape index (κ3) is 3.83. The molecule has 1 N–H and O–H groups in total. The molecule has 2 atom stereocenters. The van der Waals surface area contributed by atoms with Gasteiger partial charge in [0.05, 0.1) is 11.8 Å². The summed E-state index contributed by atoms with van der Waals surface area (Å²) in [6.07, 6.45) is 0.0601. The lowest BCUT2D eigenvalue weighted by atomic mass is 9.99. The average Bonchev–Trinajstić information content (AvgIpc) is 3.27. The zero-order valence-electron chi connectivity index (χ0n) is 17.7. The molecule has 0 unspecified atom stereocenters. The predicted molar refractivity (Wildman–Crippen MR) is 115 cm³/mol. The third-order valence-corrected chi connectivity index (χ3v) is 6.16. The Kier molecular flexibility index (Phi) is 5.35. The van der Waals surface area contributed by atoms with Crippen LogP contribution in [0, 0.1) is 19.8 Å². The van der Waals surface area contributed by atoms with E-state index in [1.165, 1.54) is 0 Å². The van der Waals surface area contributed by atoms with Gasteiger partial charge in [0.2, 0.25) is 11.8 Å². The van der Waals surface area contributed by atoms with Crippen LogP contribution < -0.4 is 10.2 Å². The topological polar surface area (TPSA) is 92.8 Å². The first-order valence-corrected chi connectivity index (χ1v) is 10.3. The summed E-state index contributed by atoms with van der Waals surface area (Å²) in [5.41, 5.74) is 4.71. The molecule has 0 spiro atoms.